The molecule has 9 heteroatoms. The van der Waals surface area contributed by atoms with Gasteiger partial charge in [0.05, 0.1) is 0 Å². The lowest BCUT2D eigenvalue weighted by Gasteiger charge is -1.73. The summed E-state index contributed by atoms with van der Waals surface area (Å²) < 4.78 is 0. The monoisotopic (exact) mass is 139 g/mol. The molecule has 0 atom stereocenters. The zero-order chi connectivity index (χ0) is 8.12. The summed E-state index contributed by atoms with van der Waals surface area (Å²) >= 11 is 0. The molecule has 0 unspecified atom stereocenters. The third-order valence-electron chi connectivity index (χ3n) is 0.115. The molecule has 13 N–H and O–H groups in total. The van der Waals surface area contributed by atoms with Crippen LogP contribution in [-0.4, -0.2) is 0 Å². The molecule has 0 fully saturated rings. The standard InChI is InChI=1S/H5N5.2H4N2/c1-3-5-4-2;2*1-2/h(H,3,4)(H4,1,2,5);2*1-2H2. The fourth-order valence-corrected chi connectivity index (χ4v) is 0.0333. The molecule has 9 heavy (non-hydrogen) atoms. The van der Waals surface area contributed by atoms with Gasteiger partial charge in [-0.3, -0.25) is 23.4 Å². The van der Waals surface area contributed by atoms with Crippen LogP contribution in [0.1, 0.15) is 0 Å². The van der Waals surface area contributed by atoms with Crippen molar-refractivity contribution in [3.8, 4) is 0 Å². The molecule has 0 heterocycles. The van der Waals surface area contributed by atoms with Crippen LogP contribution in [0, 0.1) is 0 Å². The Morgan fingerprint density at radius 3 is 1.33 bits per heavy atom. The quantitative estimate of drug-likeness (QED) is 0.110. The molecule has 0 aliphatic carbocycles. The van der Waals surface area contributed by atoms with Crippen LogP contribution < -0.4 is 40.6 Å². The molecule has 0 aromatic heterocycles. The molecule has 9 nitrogen and oxygen atoms in total. The van der Waals surface area contributed by atoms with E-state index in [2.05, 4.69) is 45.5 Å². The first kappa shape index (κ1) is 15.7. The van der Waals surface area contributed by atoms with E-state index in [1.807, 2.05) is 5.53 Å². The second-order valence-corrected chi connectivity index (χ2v) is 0.345. The summed E-state index contributed by atoms with van der Waals surface area (Å²) in [5.41, 5.74) is 1.85. The van der Waals surface area contributed by atoms with E-state index in [0.29, 0.717) is 0 Å². The third kappa shape index (κ3) is 175. The van der Waals surface area contributed by atoms with Gasteiger partial charge in [0.2, 0.25) is 0 Å². The number of hydrogen-bond acceptors (Lipinski definition) is 7. The van der Waals surface area contributed by atoms with Crippen LogP contribution in [0.25, 0.3) is 0 Å². The summed E-state index contributed by atoms with van der Waals surface area (Å²) in [6, 6.07) is 0. The Morgan fingerprint density at radius 1 is 1.00 bits per heavy atom. The summed E-state index contributed by atoms with van der Waals surface area (Å²) in [5, 5.41) is 5.65. The summed E-state index contributed by atoms with van der Waals surface area (Å²) in [6.45, 7) is 0. The lowest BCUT2D eigenvalue weighted by molar-refractivity contribution is 0.719. The van der Waals surface area contributed by atoms with E-state index in [-0.39, 0.29) is 0 Å². The lowest BCUT2D eigenvalue weighted by atomic mass is 12.4. The number of nitrogens with zero attached hydrogens (tertiary/aromatic N) is 2. The minimum atomic E-state index is 1.85. The predicted octanol–water partition coefficient (Wildman–Crippen LogP) is -3.67. The first-order valence-corrected chi connectivity index (χ1v) is 1.64. The van der Waals surface area contributed by atoms with Crippen LogP contribution in [0.15, 0.2) is 10.4 Å². The Balaban J connectivity index is -0.0000000771. The zero-order valence-corrected chi connectivity index (χ0v) is 4.86. The molecule has 0 saturated carbocycles. The fraction of sp³-hybridized carbons (Fsp3) is 0. The topological polar surface area (TPSA) is 193 Å². The van der Waals surface area contributed by atoms with E-state index in [4.69, 9.17) is 0 Å². The van der Waals surface area contributed by atoms with Gasteiger partial charge in [-0.25, -0.2) is 11.4 Å². The van der Waals surface area contributed by atoms with Crippen molar-refractivity contribution in [3.63, 3.8) is 0 Å². The van der Waals surface area contributed by atoms with E-state index in [1.54, 1.807) is 0 Å². The highest BCUT2D eigenvalue weighted by atomic mass is 15.6. The molecule has 0 aromatic rings. The average molecular weight is 139 g/mol. The van der Waals surface area contributed by atoms with Crippen molar-refractivity contribution in [2.45, 2.75) is 0 Å². The van der Waals surface area contributed by atoms with E-state index >= 15 is 0 Å². The van der Waals surface area contributed by atoms with Gasteiger partial charge in [0.1, 0.15) is 0 Å². The highest BCUT2D eigenvalue weighted by molar-refractivity contribution is 3.90. The number of nitrogens with two attached hydrogens (primary N) is 6. The number of nitrogens with one attached hydrogen (secondary N) is 1. The highest BCUT2D eigenvalue weighted by Gasteiger charge is 1.44. The van der Waals surface area contributed by atoms with Gasteiger partial charge in [-0.2, -0.15) is 0 Å². The summed E-state index contributed by atoms with van der Waals surface area (Å²) in [4.78, 5) is 0. The Kier molecular flexibility index (Phi) is 110. The molecule has 0 bridgehead atoms. The highest BCUT2D eigenvalue weighted by Crippen LogP contribution is 1.40. The maximum Gasteiger partial charge on any atom is -0.0408 e. The van der Waals surface area contributed by atoms with Crippen LogP contribution in [0.3, 0.4) is 0 Å². The average Bonchev–Trinajstić information content (AvgIpc) is 1.98. The molecule has 0 aliphatic heterocycles. The normalized spacial score (nSPS) is 6.33. The van der Waals surface area contributed by atoms with Crippen LogP contribution >= 0.6 is 0 Å². The second-order valence-electron chi connectivity index (χ2n) is 0.345. The number of rotatable bonds is 1. The maximum atomic E-state index is 4.55. The Hall–Kier alpha value is -1.00. The van der Waals surface area contributed by atoms with E-state index in [9.17, 15) is 0 Å². The van der Waals surface area contributed by atoms with Crippen molar-refractivity contribution < 1.29 is 0 Å². The van der Waals surface area contributed by atoms with Gasteiger partial charge in [-0.1, -0.05) is 5.22 Å². The minimum absolute atomic E-state index is 1.85. The van der Waals surface area contributed by atoms with Crippen molar-refractivity contribution in [2.24, 2.45) is 45.5 Å². The maximum absolute atomic E-state index is 4.55. The van der Waals surface area contributed by atoms with Crippen molar-refractivity contribution in [3.05, 3.63) is 0 Å². The third-order valence-corrected chi connectivity index (χ3v) is 0.115. The van der Waals surface area contributed by atoms with Gasteiger partial charge in [0.15, 0.2) is 0 Å². The molecule has 0 spiro atoms. The van der Waals surface area contributed by atoms with Gasteiger partial charge in [-0.05, 0) is 5.22 Å². The summed E-state index contributed by atoms with van der Waals surface area (Å²) in [6.07, 6.45) is 0. The second kappa shape index (κ2) is 63.0. The van der Waals surface area contributed by atoms with Crippen LogP contribution in [0.5, 0.6) is 0 Å². The molecular formula is H13N9. The molecule has 0 rings (SSSR count). The Bertz CT molecular complexity index is 27.0. The zero-order valence-electron chi connectivity index (χ0n) is 4.86. The minimum Gasteiger partial charge on any atom is -0.303 e. The molecule has 0 saturated heterocycles. The first-order valence-electron chi connectivity index (χ1n) is 1.64. The first-order chi connectivity index (χ1) is 4.41. The van der Waals surface area contributed by atoms with Crippen molar-refractivity contribution in [1.82, 2.24) is 5.53 Å². The lowest BCUT2D eigenvalue weighted by Crippen LogP contribution is -2.12. The molecule has 58 valence electrons. The molecule has 0 amide bonds. The number of hydrogen-bond donors (Lipinski definition) is 7. The largest absolute Gasteiger partial charge is 0.303 e. The predicted molar refractivity (Wildman–Crippen MR) is 33.1 cm³/mol. The van der Waals surface area contributed by atoms with Crippen molar-refractivity contribution >= 4 is 0 Å². The van der Waals surface area contributed by atoms with E-state index in [1.165, 1.54) is 0 Å². The Labute approximate surface area is 52.3 Å². The van der Waals surface area contributed by atoms with Crippen LogP contribution in [-0.2, 0) is 0 Å². The van der Waals surface area contributed by atoms with Gasteiger partial charge in [0, 0.05) is 0 Å². The fourth-order valence-electron chi connectivity index (χ4n) is 0.0333. The van der Waals surface area contributed by atoms with E-state index in [0.717, 1.165) is 0 Å². The SMILES string of the molecule is NN.NN.NN=NNN. The van der Waals surface area contributed by atoms with Gasteiger partial charge < -0.3 is 5.84 Å². The van der Waals surface area contributed by atoms with Crippen LogP contribution in [0.4, 0.5) is 0 Å². The van der Waals surface area contributed by atoms with E-state index < -0.39 is 0 Å². The molecule has 0 aromatic carbocycles. The molecular weight excluding hydrogens is 126 g/mol. The molecule has 0 aliphatic rings. The van der Waals surface area contributed by atoms with Gasteiger partial charge in [-0.15, -0.1) is 0 Å². The number of hydrazine groups is 3. The van der Waals surface area contributed by atoms with Gasteiger partial charge >= 0.3 is 0 Å². The van der Waals surface area contributed by atoms with Crippen LogP contribution in [0.2, 0.25) is 0 Å². The molecule has 0 radical (unpaired) electrons. The smallest absolute Gasteiger partial charge is 0.0408 e. The summed E-state index contributed by atoms with van der Waals surface area (Å²) in [5.74, 6) is 25.0. The van der Waals surface area contributed by atoms with Crippen molar-refractivity contribution in [2.75, 3.05) is 0 Å². The Morgan fingerprint density at radius 2 is 1.33 bits per heavy atom. The van der Waals surface area contributed by atoms with Crippen molar-refractivity contribution in [1.29, 1.82) is 0 Å². The summed E-state index contributed by atoms with van der Waals surface area (Å²) in [7, 11) is 0. The van der Waals surface area contributed by atoms with Gasteiger partial charge in [0.25, 0.3) is 0 Å².